The van der Waals surface area contributed by atoms with E-state index in [0.717, 1.165) is 5.56 Å². The number of anilines is 1. The molecule has 0 radical (unpaired) electrons. The van der Waals surface area contributed by atoms with Crippen LogP contribution in [0, 0.1) is 12.8 Å². The second kappa shape index (κ2) is 8.31. The molecule has 0 atom stereocenters. The van der Waals surface area contributed by atoms with Crippen molar-refractivity contribution in [2.45, 2.75) is 34.1 Å². The van der Waals surface area contributed by atoms with Crippen LogP contribution in [-0.2, 0) is 9.59 Å². The maximum Gasteiger partial charge on any atom is 0.323 e. The first kappa shape index (κ1) is 18.7. The highest BCUT2D eigenvalue weighted by molar-refractivity contribution is 5.97. The third-order valence-corrected chi connectivity index (χ3v) is 3.34. The fourth-order valence-electron chi connectivity index (χ4n) is 2.18. The largest absolute Gasteiger partial charge is 0.480 e. The third kappa shape index (κ3) is 5.73. The van der Waals surface area contributed by atoms with Crippen LogP contribution >= 0.6 is 0 Å². The molecule has 0 saturated heterocycles. The molecular formula is C17H24N2O4. The molecule has 1 aromatic carbocycles. The van der Waals surface area contributed by atoms with Crippen LogP contribution in [0.25, 0.3) is 0 Å². The molecule has 6 heteroatoms. The van der Waals surface area contributed by atoms with Crippen LogP contribution in [0.5, 0.6) is 0 Å². The molecule has 2 N–H and O–H groups in total. The first-order valence-corrected chi connectivity index (χ1v) is 7.66. The van der Waals surface area contributed by atoms with E-state index in [1.165, 1.54) is 4.90 Å². The summed E-state index contributed by atoms with van der Waals surface area (Å²) in [5.74, 6) is -1.18. The number of carboxylic acids is 1. The minimum absolute atomic E-state index is 0.0664. The van der Waals surface area contributed by atoms with Gasteiger partial charge in [0.1, 0.15) is 6.54 Å². The first-order valence-electron chi connectivity index (χ1n) is 7.66. The number of nitrogens with one attached hydrogen (secondary N) is 1. The van der Waals surface area contributed by atoms with Crippen molar-refractivity contribution in [1.82, 2.24) is 4.90 Å². The number of benzene rings is 1. The molecule has 0 aromatic heterocycles. The van der Waals surface area contributed by atoms with Gasteiger partial charge in [-0.3, -0.25) is 14.4 Å². The zero-order valence-electron chi connectivity index (χ0n) is 14.0. The van der Waals surface area contributed by atoms with Crippen molar-refractivity contribution >= 4 is 23.5 Å². The highest BCUT2D eigenvalue weighted by atomic mass is 16.4. The van der Waals surface area contributed by atoms with Crippen molar-refractivity contribution in [2.75, 3.05) is 18.4 Å². The maximum absolute atomic E-state index is 12.3. The van der Waals surface area contributed by atoms with Crippen molar-refractivity contribution in [1.29, 1.82) is 0 Å². The van der Waals surface area contributed by atoms with Crippen molar-refractivity contribution < 1.29 is 19.5 Å². The minimum Gasteiger partial charge on any atom is -0.480 e. The van der Waals surface area contributed by atoms with Gasteiger partial charge in [-0.25, -0.2) is 0 Å². The molecular weight excluding hydrogens is 296 g/mol. The van der Waals surface area contributed by atoms with E-state index in [4.69, 9.17) is 5.11 Å². The van der Waals surface area contributed by atoms with Crippen LogP contribution in [-0.4, -0.2) is 40.9 Å². The summed E-state index contributed by atoms with van der Waals surface area (Å²) in [6.07, 6.45) is 0.433. The van der Waals surface area contributed by atoms with Crippen LogP contribution in [0.3, 0.4) is 0 Å². The molecule has 0 saturated carbocycles. The summed E-state index contributed by atoms with van der Waals surface area (Å²) in [6, 6.07) is 4.94. The number of carbonyl (C=O) groups is 3. The monoisotopic (exact) mass is 320 g/mol. The van der Waals surface area contributed by atoms with Crippen molar-refractivity contribution in [3.8, 4) is 0 Å². The van der Waals surface area contributed by atoms with Crippen molar-refractivity contribution in [3.05, 3.63) is 29.3 Å². The van der Waals surface area contributed by atoms with Gasteiger partial charge < -0.3 is 15.3 Å². The Morgan fingerprint density at radius 3 is 2.39 bits per heavy atom. The number of aryl methyl sites for hydroxylation is 1. The van der Waals surface area contributed by atoms with Gasteiger partial charge in [-0.2, -0.15) is 0 Å². The Morgan fingerprint density at radius 2 is 1.91 bits per heavy atom. The normalized spacial score (nSPS) is 10.5. The molecule has 1 rings (SSSR count). The van der Waals surface area contributed by atoms with Gasteiger partial charge in [-0.1, -0.05) is 13.8 Å². The van der Waals surface area contributed by atoms with E-state index in [1.54, 1.807) is 32.0 Å². The summed E-state index contributed by atoms with van der Waals surface area (Å²) in [5.41, 5.74) is 1.83. The standard InChI is InChI=1S/C17H24N2O4/c1-5-19(10-16(21)22)17(23)13-6-7-14(12(4)9-13)18-15(20)8-11(2)3/h6-7,9,11H,5,8,10H2,1-4H3,(H,18,20)(H,21,22). The Hall–Kier alpha value is -2.37. The van der Waals surface area contributed by atoms with Crippen molar-refractivity contribution in [2.24, 2.45) is 5.92 Å². The van der Waals surface area contributed by atoms with E-state index in [-0.39, 0.29) is 24.3 Å². The SMILES string of the molecule is CCN(CC(=O)O)C(=O)c1ccc(NC(=O)CC(C)C)c(C)c1. The fraction of sp³-hybridized carbons (Fsp3) is 0.471. The van der Waals surface area contributed by atoms with Gasteiger partial charge in [0.25, 0.3) is 5.91 Å². The maximum atomic E-state index is 12.3. The summed E-state index contributed by atoms with van der Waals surface area (Å²) < 4.78 is 0. The summed E-state index contributed by atoms with van der Waals surface area (Å²) in [4.78, 5) is 36.2. The lowest BCUT2D eigenvalue weighted by molar-refractivity contribution is -0.137. The summed E-state index contributed by atoms with van der Waals surface area (Å²) in [7, 11) is 0. The highest BCUT2D eigenvalue weighted by Gasteiger charge is 2.18. The highest BCUT2D eigenvalue weighted by Crippen LogP contribution is 2.18. The van der Waals surface area contributed by atoms with Crippen LogP contribution in [0.15, 0.2) is 18.2 Å². The molecule has 2 amide bonds. The molecule has 0 fully saturated rings. The minimum atomic E-state index is -1.05. The number of amides is 2. The first-order chi connectivity index (χ1) is 10.7. The zero-order valence-corrected chi connectivity index (χ0v) is 14.0. The van der Waals surface area contributed by atoms with Crippen LogP contribution < -0.4 is 5.32 Å². The van der Waals surface area contributed by atoms with E-state index in [2.05, 4.69) is 5.32 Å². The number of rotatable bonds is 7. The van der Waals surface area contributed by atoms with Crippen LogP contribution in [0.4, 0.5) is 5.69 Å². The molecule has 0 unspecified atom stereocenters. The second-order valence-electron chi connectivity index (χ2n) is 5.89. The Bertz CT molecular complexity index is 596. The summed E-state index contributed by atoms with van der Waals surface area (Å²) >= 11 is 0. The van der Waals surface area contributed by atoms with Crippen LogP contribution in [0.1, 0.15) is 43.1 Å². The molecule has 1 aromatic rings. The van der Waals surface area contributed by atoms with E-state index in [9.17, 15) is 14.4 Å². The molecule has 126 valence electrons. The molecule has 0 aliphatic heterocycles. The van der Waals surface area contributed by atoms with Gasteiger partial charge in [0, 0.05) is 24.2 Å². The molecule has 0 aliphatic rings. The van der Waals surface area contributed by atoms with Gasteiger partial charge in [-0.15, -0.1) is 0 Å². The van der Waals surface area contributed by atoms with Gasteiger partial charge in [0.2, 0.25) is 5.91 Å². The molecule has 0 bridgehead atoms. The Labute approximate surface area is 136 Å². The van der Waals surface area contributed by atoms with Crippen molar-refractivity contribution in [3.63, 3.8) is 0 Å². The van der Waals surface area contributed by atoms with Gasteiger partial charge >= 0.3 is 5.97 Å². The van der Waals surface area contributed by atoms with Gasteiger partial charge in [-0.05, 0) is 43.5 Å². The van der Waals surface area contributed by atoms with Gasteiger partial charge in [0.15, 0.2) is 0 Å². The van der Waals surface area contributed by atoms with Gasteiger partial charge in [0.05, 0.1) is 0 Å². The number of likely N-dealkylation sites (N-methyl/N-ethyl adjacent to an activating group) is 1. The number of carbonyl (C=O) groups excluding carboxylic acids is 2. The average molecular weight is 320 g/mol. The lowest BCUT2D eigenvalue weighted by Gasteiger charge is -2.19. The smallest absolute Gasteiger partial charge is 0.323 e. The molecule has 23 heavy (non-hydrogen) atoms. The second-order valence-corrected chi connectivity index (χ2v) is 5.89. The third-order valence-electron chi connectivity index (χ3n) is 3.34. The number of carboxylic acid groups (broad SMARTS) is 1. The summed E-state index contributed by atoms with van der Waals surface area (Å²) in [6.45, 7) is 7.45. The Balaban J connectivity index is 2.88. The van der Waals surface area contributed by atoms with E-state index in [0.29, 0.717) is 24.2 Å². The quantitative estimate of drug-likeness (QED) is 0.808. The van der Waals surface area contributed by atoms with E-state index in [1.807, 2.05) is 13.8 Å². The predicted molar refractivity (Wildman–Crippen MR) is 88.5 cm³/mol. The zero-order chi connectivity index (χ0) is 17.6. The Morgan fingerprint density at radius 1 is 1.26 bits per heavy atom. The summed E-state index contributed by atoms with van der Waals surface area (Å²) in [5, 5.41) is 11.7. The topological polar surface area (TPSA) is 86.7 Å². The molecule has 0 spiro atoms. The molecule has 0 aliphatic carbocycles. The fourth-order valence-corrected chi connectivity index (χ4v) is 2.18. The number of aliphatic carboxylic acids is 1. The lowest BCUT2D eigenvalue weighted by Crippen LogP contribution is -2.35. The number of hydrogen-bond donors (Lipinski definition) is 2. The van der Waals surface area contributed by atoms with E-state index < -0.39 is 5.97 Å². The Kier molecular flexibility index (Phi) is 6.75. The molecule has 0 heterocycles. The van der Waals surface area contributed by atoms with E-state index >= 15 is 0 Å². The average Bonchev–Trinajstić information content (AvgIpc) is 2.45. The number of nitrogens with zero attached hydrogens (tertiary/aromatic N) is 1. The molecule has 6 nitrogen and oxygen atoms in total. The number of hydrogen-bond acceptors (Lipinski definition) is 3. The predicted octanol–water partition coefficient (Wildman–Crippen LogP) is 2.53. The van der Waals surface area contributed by atoms with Crippen LogP contribution in [0.2, 0.25) is 0 Å². The lowest BCUT2D eigenvalue weighted by atomic mass is 10.1.